The van der Waals surface area contributed by atoms with E-state index in [2.05, 4.69) is 108 Å². The summed E-state index contributed by atoms with van der Waals surface area (Å²) in [4.78, 5) is 2.77. The molecule has 8 rings (SSSR count). The van der Waals surface area contributed by atoms with Gasteiger partial charge < -0.3 is 4.90 Å². The summed E-state index contributed by atoms with van der Waals surface area (Å²) in [6, 6.07) is 12.3. The first-order valence-electron chi connectivity index (χ1n) is 15.0. The van der Waals surface area contributed by atoms with Crippen LogP contribution in [0.25, 0.3) is 0 Å². The van der Waals surface area contributed by atoms with Gasteiger partial charge in [0.05, 0.1) is 6.04 Å². The minimum Gasteiger partial charge on any atom is -0.361 e. The second-order valence-electron chi connectivity index (χ2n) is 12.6. The molecule has 0 radical (unpaired) electrons. The molecule has 1 saturated heterocycles. The lowest BCUT2D eigenvalue weighted by molar-refractivity contribution is 0.190. The van der Waals surface area contributed by atoms with Crippen LogP contribution in [0.15, 0.2) is 114 Å². The topological polar surface area (TPSA) is 3.24 Å². The summed E-state index contributed by atoms with van der Waals surface area (Å²) in [7, 11) is 0. The molecule has 1 aromatic carbocycles. The number of hydrogen-bond donors (Lipinski definition) is 0. The van der Waals surface area contributed by atoms with E-state index < -0.39 is 0 Å². The summed E-state index contributed by atoms with van der Waals surface area (Å²) in [5, 5.41) is 0. The highest BCUT2D eigenvalue weighted by atomic mass is 15.2. The molecule has 0 N–H and O–H groups in total. The van der Waals surface area contributed by atoms with Crippen molar-refractivity contribution >= 4 is 5.69 Å². The van der Waals surface area contributed by atoms with Gasteiger partial charge in [0.25, 0.3) is 0 Å². The van der Waals surface area contributed by atoms with Gasteiger partial charge in [0.1, 0.15) is 0 Å². The van der Waals surface area contributed by atoms with Crippen LogP contribution < -0.4 is 4.90 Å². The van der Waals surface area contributed by atoms with Crippen molar-refractivity contribution in [3.63, 3.8) is 0 Å². The largest absolute Gasteiger partial charge is 0.361 e. The number of anilines is 1. The molecule has 1 fully saturated rings. The zero-order valence-corrected chi connectivity index (χ0v) is 21.8. The Kier molecular flexibility index (Phi) is 5.34. The molecule has 1 aliphatic heterocycles. The molecule has 37 heavy (non-hydrogen) atoms. The molecule has 0 bridgehead atoms. The van der Waals surface area contributed by atoms with Crippen molar-refractivity contribution in [2.75, 3.05) is 4.90 Å². The van der Waals surface area contributed by atoms with Crippen molar-refractivity contribution in [3.05, 3.63) is 114 Å². The fraction of sp³-hybridized carbons (Fsp3) is 0.444. The summed E-state index contributed by atoms with van der Waals surface area (Å²) in [6.07, 6.45) is 37.9. The van der Waals surface area contributed by atoms with Crippen LogP contribution in [-0.2, 0) is 0 Å². The third kappa shape index (κ3) is 3.49. The van der Waals surface area contributed by atoms with Gasteiger partial charge >= 0.3 is 0 Å². The first-order valence-corrected chi connectivity index (χ1v) is 15.0. The lowest BCUT2D eigenvalue weighted by Gasteiger charge is -2.49. The van der Waals surface area contributed by atoms with Crippen LogP contribution >= 0.6 is 0 Å². The van der Waals surface area contributed by atoms with Gasteiger partial charge in [-0.05, 0) is 91.7 Å². The minimum atomic E-state index is 0.479. The first-order chi connectivity index (χ1) is 18.4. The lowest BCUT2D eigenvalue weighted by Crippen LogP contribution is -2.42. The standard InChI is InChI=1S/C36H39N/c1-2-10-26(11-3-1)37-35-17-9-8-16-32(35)33-21-19-25(23-36(33)37)24-18-20-31-29-14-5-4-12-27(29)28-13-6-7-15-30(28)34(31)22-24/h1-3,5-6,8-11,13-14,16-21,24-25,27,29,31-36H,4,7,12,15,22-23H2/t24?,25?,27?,29?,31?,32?,33?,34-,35?,36?/m1/s1. The Balaban J connectivity index is 1.11. The molecule has 7 aliphatic rings. The van der Waals surface area contributed by atoms with Crippen molar-refractivity contribution in [3.8, 4) is 0 Å². The number of benzene rings is 1. The maximum atomic E-state index is 2.77. The molecule has 188 valence electrons. The molecule has 6 aliphatic carbocycles. The van der Waals surface area contributed by atoms with Crippen molar-refractivity contribution in [2.45, 2.75) is 50.6 Å². The third-order valence-electron chi connectivity index (χ3n) is 11.0. The molecule has 1 aromatic rings. The maximum Gasteiger partial charge on any atom is 0.0548 e. The van der Waals surface area contributed by atoms with E-state index >= 15 is 0 Å². The SMILES string of the molecule is C1=CC2C3C=CC(C4C=CC5C6C=CCCC6C6=C(CCC=C6)[C@H]5C4)CC3N(c3ccccc3)C2C=C1. The predicted molar refractivity (Wildman–Crippen MR) is 154 cm³/mol. The molecular weight excluding hydrogens is 446 g/mol. The highest BCUT2D eigenvalue weighted by Gasteiger charge is 2.50. The summed E-state index contributed by atoms with van der Waals surface area (Å²) >= 11 is 0. The summed E-state index contributed by atoms with van der Waals surface area (Å²) in [6.45, 7) is 0. The zero-order valence-electron chi connectivity index (χ0n) is 21.8. The van der Waals surface area contributed by atoms with E-state index in [9.17, 15) is 0 Å². The minimum absolute atomic E-state index is 0.479. The quantitative estimate of drug-likeness (QED) is 0.381. The Morgan fingerprint density at radius 3 is 2.38 bits per heavy atom. The average Bonchev–Trinajstić information content (AvgIpc) is 3.31. The number of hydrogen-bond acceptors (Lipinski definition) is 1. The molecule has 1 heterocycles. The van der Waals surface area contributed by atoms with Gasteiger partial charge in [-0.3, -0.25) is 0 Å². The summed E-state index contributed by atoms with van der Waals surface area (Å²) in [5.74, 6) is 5.44. The Labute approximate surface area is 222 Å². The van der Waals surface area contributed by atoms with E-state index in [0.717, 1.165) is 11.8 Å². The van der Waals surface area contributed by atoms with Crippen LogP contribution in [0.4, 0.5) is 5.69 Å². The van der Waals surface area contributed by atoms with Crippen molar-refractivity contribution in [2.24, 2.45) is 47.3 Å². The maximum absolute atomic E-state index is 2.77. The van der Waals surface area contributed by atoms with Gasteiger partial charge in [0, 0.05) is 23.6 Å². The van der Waals surface area contributed by atoms with Crippen molar-refractivity contribution in [1.29, 1.82) is 0 Å². The van der Waals surface area contributed by atoms with Gasteiger partial charge in [-0.2, -0.15) is 0 Å². The van der Waals surface area contributed by atoms with Gasteiger partial charge in [0.2, 0.25) is 0 Å². The number of rotatable bonds is 2. The molecule has 0 saturated carbocycles. The van der Waals surface area contributed by atoms with Gasteiger partial charge in [0.15, 0.2) is 0 Å². The molecule has 0 spiro atoms. The predicted octanol–water partition coefficient (Wildman–Crippen LogP) is 8.23. The highest BCUT2D eigenvalue weighted by molar-refractivity contribution is 5.54. The molecule has 1 nitrogen and oxygen atoms in total. The fourth-order valence-electron chi connectivity index (χ4n) is 9.45. The number of allylic oxidation sites excluding steroid dienone is 11. The third-order valence-corrected chi connectivity index (χ3v) is 11.0. The van der Waals surface area contributed by atoms with E-state index in [0.29, 0.717) is 47.6 Å². The van der Waals surface area contributed by atoms with Crippen LogP contribution in [0.1, 0.15) is 38.5 Å². The van der Waals surface area contributed by atoms with Gasteiger partial charge in [-0.1, -0.05) is 96.7 Å². The molecule has 0 amide bonds. The van der Waals surface area contributed by atoms with Crippen LogP contribution in [0.2, 0.25) is 0 Å². The zero-order chi connectivity index (χ0) is 24.3. The van der Waals surface area contributed by atoms with Crippen LogP contribution in [-0.4, -0.2) is 12.1 Å². The van der Waals surface area contributed by atoms with E-state index in [4.69, 9.17) is 0 Å². The molecular formula is C36H39N. The Bertz CT molecular complexity index is 1250. The van der Waals surface area contributed by atoms with Gasteiger partial charge in [-0.25, -0.2) is 0 Å². The van der Waals surface area contributed by atoms with E-state index in [1.165, 1.54) is 44.2 Å². The van der Waals surface area contributed by atoms with E-state index in [1.807, 2.05) is 5.57 Å². The smallest absolute Gasteiger partial charge is 0.0548 e. The molecule has 0 aromatic heterocycles. The Morgan fingerprint density at radius 1 is 0.649 bits per heavy atom. The highest BCUT2D eigenvalue weighted by Crippen LogP contribution is 2.55. The number of nitrogens with zero attached hydrogens (tertiary/aromatic N) is 1. The van der Waals surface area contributed by atoms with Crippen molar-refractivity contribution < 1.29 is 0 Å². The number of para-hydroxylation sites is 1. The molecule has 9 unspecified atom stereocenters. The Hall–Kier alpha value is -2.80. The lowest BCUT2D eigenvalue weighted by atomic mass is 9.55. The molecule has 1 heteroatoms. The number of fused-ring (bicyclic) bond motifs is 8. The average molecular weight is 486 g/mol. The normalized spacial score (nSPS) is 42.8. The Morgan fingerprint density at radius 2 is 1.46 bits per heavy atom. The fourth-order valence-corrected chi connectivity index (χ4v) is 9.45. The van der Waals surface area contributed by atoms with Crippen molar-refractivity contribution in [1.82, 2.24) is 0 Å². The second-order valence-corrected chi connectivity index (χ2v) is 12.6. The van der Waals surface area contributed by atoms with Crippen LogP contribution in [0, 0.1) is 47.3 Å². The van der Waals surface area contributed by atoms with E-state index in [1.54, 1.807) is 5.57 Å². The van der Waals surface area contributed by atoms with Crippen LogP contribution in [0.5, 0.6) is 0 Å². The second kappa shape index (κ2) is 8.90. The molecule has 10 atom stereocenters. The monoisotopic (exact) mass is 485 g/mol. The first kappa shape index (κ1) is 22.2. The van der Waals surface area contributed by atoms with Crippen LogP contribution in [0.3, 0.4) is 0 Å². The van der Waals surface area contributed by atoms with Gasteiger partial charge in [-0.15, -0.1) is 0 Å². The van der Waals surface area contributed by atoms with E-state index in [-0.39, 0.29) is 0 Å². The summed E-state index contributed by atoms with van der Waals surface area (Å²) < 4.78 is 0. The summed E-state index contributed by atoms with van der Waals surface area (Å²) in [5.41, 5.74) is 4.97.